The number of anilines is 1. The molecule has 4 aromatic rings. The van der Waals surface area contributed by atoms with E-state index in [0.717, 1.165) is 29.6 Å². The van der Waals surface area contributed by atoms with Gasteiger partial charge in [-0.1, -0.05) is 36.0 Å². The molecule has 1 aromatic heterocycles. The lowest BCUT2D eigenvalue weighted by Crippen LogP contribution is -2.17. The van der Waals surface area contributed by atoms with Crippen LogP contribution in [0.25, 0.3) is 5.69 Å². The van der Waals surface area contributed by atoms with Gasteiger partial charge in [0, 0.05) is 5.69 Å². The Morgan fingerprint density at radius 1 is 0.971 bits per heavy atom. The van der Waals surface area contributed by atoms with E-state index in [9.17, 15) is 13.6 Å². The van der Waals surface area contributed by atoms with E-state index in [2.05, 4.69) is 15.5 Å². The summed E-state index contributed by atoms with van der Waals surface area (Å²) in [6, 6.07) is 19.9. The maximum Gasteiger partial charge on any atom is 0.235 e. The van der Waals surface area contributed by atoms with Crippen molar-refractivity contribution in [3.63, 3.8) is 0 Å². The standard InChI is InChI=1S/C25H22F2N4O3S/c1-16(34-19-13-11-18(33-2)12-14-19)24-29-30-25(31(24)17-7-4-3-5-8-17)35-15-22(32)28-23-20(26)9-6-10-21(23)27/h3-14,16H,15H2,1-2H3,(H,28,32). The number of hydrogen-bond donors (Lipinski definition) is 1. The van der Waals surface area contributed by atoms with Gasteiger partial charge in [0.15, 0.2) is 17.1 Å². The highest BCUT2D eigenvalue weighted by molar-refractivity contribution is 7.99. The van der Waals surface area contributed by atoms with Gasteiger partial charge in [0.2, 0.25) is 5.91 Å². The minimum Gasteiger partial charge on any atom is -0.497 e. The number of hydrogen-bond acceptors (Lipinski definition) is 6. The van der Waals surface area contributed by atoms with Crippen LogP contribution in [0.5, 0.6) is 11.5 Å². The zero-order chi connectivity index (χ0) is 24.8. The quantitative estimate of drug-likeness (QED) is 0.312. The highest BCUT2D eigenvalue weighted by atomic mass is 32.2. The van der Waals surface area contributed by atoms with Gasteiger partial charge < -0.3 is 14.8 Å². The number of thioether (sulfide) groups is 1. The molecule has 3 aromatic carbocycles. The topological polar surface area (TPSA) is 78.3 Å². The van der Waals surface area contributed by atoms with Crippen molar-refractivity contribution in [2.45, 2.75) is 18.2 Å². The van der Waals surface area contributed by atoms with Crippen LogP contribution in [0.3, 0.4) is 0 Å². The zero-order valence-electron chi connectivity index (χ0n) is 18.9. The summed E-state index contributed by atoms with van der Waals surface area (Å²) in [4.78, 5) is 12.4. The number of amides is 1. The highest BCUT2D eigenvalue weighted by Gasteiger charge is 2.22. The monoisotopic (exact) mass is 496 g/mol. The Bertz CT molecular complexity index is 1280. The number of ether oxygens (including phenoxy) is 2. The molecule has 35 heavy (non-hydrogen) atoms. The summed E-state index contributed by atoms with van der Waals surface area (Å²) >= 11 is 1.09. The van der Waals surface area contributed by atoms with Crippen LogP contribution in [0.4, 0.5) is 14.5 Å². The largest absolute Gasteiger partial charge is 0.497 e. The predicted octanol–water partition coefficient (Wildman–Crippen LogP) is 5.42. The third kappa shape index (κ3) is 5.78. The third-order valence-electron chi connectivity index (χ3n) is 4.97. The molecule has 4 rings (SSSR count). The lowest BCUT2D eigenvalue weighted by atomic mass is 10.3. The van der Waals surface area contributed by atoms with E-state index in [1.807, 2.05) is 37.3 Å². The Kier molecular flexibility index (Phi) is 7.61. The number of carbonyl (C=O) groups is 1. The maximum absolute atomic E-state index is 13.9. The molecule has 10 heteroatoms. The Morgan fingerprint density at radius 3 is 2.29 bits per heavy atom. The van der Waals surface area contributed by atoms with Crippen LogP contribution in [0, 0.1) is 11.6 Å². The summed E-state index contributed by atoms with van der Waals surface area (Å²) < 4.78 is 40.7. The molecule has 1 amide bonds. The summed E-state index contributed by atoms with van der Waals surface area (Å²) in [5.41, 5.74) is 0.297. The lowest BCUT2D eigenvalue weighted by molar-refractivity contribution is -0.113. The minimum atomic E-state index is -0.845. The summed E-state index contributed by atoms with van der Waals surface area (Å²) in [6.07, 6.45) is -0.480. The average molecular weight is 497 g/mol. The normalized spacial score (nSPS) is 11.7. The molecule has 180 valence electrons. The van der Waals surface area contributed by atoms with Crippen molar-refractivity contribution in [3.05, 3.63) is 90.3 Å². The first-order valence-electron chi connectivity index (χ1n) is 10.6. The molecular weight excluding hydrogens is 474 g/mol. The minimum absolute atomic E-state index is 0.132. The van der Waals surface area contributed by atoms with E-state index in [0.29, 0.717) is 22.5 Å². The van der Waals surface area contributed by atoms with E-state index in [-0.39, 0.29) is 5.75 Å². The first-order valence-corrected chi connectivity index (χ1v) is 11.6. The van der Waals surface area contributed by atoms with Crippen molar-refractivity contribution in [2.24, 2.45) is 0 Å². The predicted molar refractivity (Wildman–Crippen MR) is 129 cm³/mol. The number of carbonyl (C=O) groups excluding carboxylic acids is 1. The van der Waals surface area contributed by atoms with Crippen molar-refractivity contribution >= 4 is 23.4 Å². The zero-order valence-corrected chi connectivity index (χ0v) is 19.8. The SMILES string of the molecule is COc1ccc(OC(C)c2nnc(SCC(=O)Nc3c(F)cccc3F)n2-c2ccccc2)cc1. The second-order valence-electron chi connectivity index (χ2n) is 7.38. The van der Waals surface area contributed by atoms with Crippen molar-refractivity contribution in [1.29, 1.82) is 0 Å². The van der Waals surface area contributed by atoms with Crippen LogP contribution in [0.2, 0.25) is 0 Å². The van der Waals surface area contributed by atoms with Crippen molar-refractivity contribution in [2.75, 3.05) is 18.2 Å². The number of para-hydroxylation sites is 2. The second-order valence-corrected chi connectivity index (χ2v) is 8.32. The number of aromatic nitrogens is 3. The molecule has 0 spiro atoms. The molecule has 0 aliphatic rings. The average Bonchev–Trinajstić information content (AvgIpc) is 3.30. The van der Waals surface area contributed by atoms with Gasteiger partial charge in [-0.05, 0) is 55.5 Å². The fraction of sp³-hybridized carbons (Fsp3) is 0.160. The van der Waals surface area contributed by atoms with Gasteiger partial charge in [0.1, 0.15) is 28.8 Å². The second kappa shape index (κ2) is 11.0. The van der Waals surface area contributed by atoms with Crippen LogP contribution < -0.4 is 14.8 Å². The van der Waals surface area contributed by atoms with Gasteiger partial charge in [-0.15, -0.1) is 10.2 Å². The first kappa shape index (κ1) is 24.2. The number of methoxy groups -OCH3 is 1. The van der Waals surface area contributed by atoms with Crippen LogP contribution in [0.15, 0.2) is 78.0 Å². The molecule has 0 radical (unpaired) electrons. The summed E-state index contributed by atoms with van der Waals surface area (Å²) in [5, 5.41) is 11.3. The maximum atomic E-state index is 13.9. The molecule has 0 fully saturated rings. The Labute approximate surface area is 205 Å². The molecule has 0 aliphatic heterocycles. The summed E-state index contributed by atoms with van der Waals surface area (Å²) in [5.74, 6) is -0.538. The number of nitrogens with one attached hydrogen (secondary N) is 1. The molecule has 1 unspecified atom stereocenters. The van der Waals surface area contributed by atoms with Crippen molar-refractivity contribution in [1.82, 2.24) is 14.8 Å². The molecule has 1 atom stereocenters. The smallest absolute Gasteiger partial charge is 0.235 e. The lowest BCUT2D eigenvalue weighted by Gasteiger charge is -2.17. The molecule has 7 nitrogen and oxygen atoms in total. The number of benzene rings is 3. The van der Waals surface area contributed by atoms with Crippen LogP contribution in [-0.2, 0) is 4.79 Å². The van der Waals surface area contributed by atoms with Gasteiger partial charge in [0.05, 0.1) is 12.9 Å². The fourth-order valence-corrected chi connectivity index (χ4v) is 4.05. The van der Waals surface area contributed by atoms with E-state index >= 15 is 0 Å². The molecule has 0 bridgehead atoms. The molecule has 1 heterocycles. The molecule has 0 saturated carbocycles. The van der Waals surface area contributed by atoms with Gasteiger partial charge in [-0.2, -0.15) is 0 Å². The molecule has 1 N–H and O–H groups in total. The molecule has 0 saturated heterocycles. The van der Waals surface area contributed by atoms with Gasteiger partial charge in [-0.3, -0.25) is 9.36 Å². The van der Waals surface area contributed by atoms with Gasteiger partial charge in [0.25, 0.3) is 0 Å². The third-order valence-corrected chi connectivity index (χ3v) is 5.90. The van der Waals surface area contributed by atoms with Crippen molar-refractivity contribution in [3.8, 4) is 17.2 Å². The molecule has 0 aliphatic carbocycles. The Balaban J connectivity index is 1.54. The van der Waals surface area contributed by atoms with E-state index in [4.69, 9.17) is 9.47 Å². The van der Waals surface area contributed by atoms with Gasteiger partial charge >= 0.3 is 0 Å². The summed E-state index contributed by atoms with van der Waals surface area (Å²) in [6.45, 7) is 1.84. The van der Waals surface area contributed by atoms with E-state index in [1.54, 1.807) is 35.9 Å². The van der Waals surface area contributed by atoms with E-state index in [1.165, 1.54) is 6.07 Å². The number of rotatable bonds is 9. The highest BCUT2D eigenvalue weighted by Crippen LogP contribution is 2.29. The Morgan fingerprint density at radius 2 is 1.63 bits per heavy atom. The number of halogens is 2. The van der Waals surface area contributed by atoms with Crippen LogP contribution in [-0.4, -0.2) is 33.5 Å². The van der Waals surface area contributed by atoms with Crippen LogP contribution in [0.1, 0.15) is 18.9 Å². The number of nitrogens with zero attached hydrogens (tertiary/aromatic N) is 3. The van der Waals surface area contributed by atoms with E-state index < -0.39 is 29.3 Å². The summed E-state index contributed by atoms with van der Waals surface area (Å²) in [7, 11) is 1.59. The van der Waals surface area contributed by atoms with Gasteiger partial charge in [-0.25, -0.2) is 8.78 Å². The first-order chi connectivity index (χ1) is 17.0. The Hall–Kier alpha value is -3.92. The van der Waals surface area contributed by atoms with Crippen molar-refractivity contribution < 1.29 is 23.0 Å². The molecular formula is C25H22F2N4O3S. The fourth-order valence-electron chi connectivity index (χ4n) is 3.29. The van der Waals surface area contributed by atoms with Crippen LogP contribution >= 0.6 is 11.8 Å².